The van der Waals surface area contributed by atoms with E-state index in [-0.39, 0.29) is 29.5 Å². The molecule has 3 aromatic rings. The van der Waals surface area contributed by atoms with Crippen LogP contribution in [0.5, 0.6) is 5.75 Å². The average molecular weight is 590 g/mol. The van der Waals surface area contributed by atoms with E-state index in [9.17, 15) is 14.9 Å². The van der Waals surface area contributed by atoms with Crippen molar-refractivity contribution in [3.05, 3.63) is 83.8 Å². The third kappa shape index (κ3) is 5.12. The van der Waals surface area contributed by atoms with Crippen LogP contribution in [0.1, 0.15) is 49.4 Å². The van der Waals surface area contributed by atoms with Crippen LogP contribution < -0.4 is 10.3 Å². The number of rotatable bonds is 7. The number of nitro benzene ring substituents is 1. The number of aromatic nitrogens is 2. The van der Waals surface area contributed by atoms with Gasteiger partial charge in [-0.1, -0.05) is 47.8 Å². The monoisotopic (exact) mass is 588 g/mol. The molecular weight excluding hydrogens is 568 g/mol. The first-order valence-corrected chi connectivity index (χ1v) is 12.5. The Kier molecular flexibility index (Phi) is 7.57. The Morgan fingerprint density at radius 1 is 1.24 bits per heavy atom. The van der Waals surface area contributed by atoms with Crippen LogP contribution in [0.15, 0.2) is 61.8 Å². The Labute approximate surface area is 212 Å². The van der Waals surface area contributed by atoms with Gasteiger partial charge in [0.2, 0.25) is 5.75 Å². The molecule has 0 atom stereocenters. The van der Waals surface area contributed by atoms with Crippen LogP contribution in [0.2, 0.25) is 0 Å². The number of ether oxygens (including phenoxy) is 1. The van der Waals surface area contributed by atoms with Gasteiger partial charge in [-0.05, 0) is 53.0 Å². The third-order valence-corrected chi connectivity index (χ3v) is 6.80. The Balaban J connectivity index is 1.82. The van der Waals surface area contributed by atoms with Crippen molar-refractivity contribution in [1.29, 1.82) is 0 Å². The molecule has 1 saturated carbocycles. The van der Waals surface area contributed by atoms with Crippen LogP contribution >= 0.6 is 31.9 Å². The largest absolute Gasteiger partial charge is 0.482 e. The van der Waals surface area contributed by atoms with Crippen LogP contribution in [0, 0.1) is 10.1 Å². The third-order valence-electron chi connectivity index (χ3n) is 5.71. The summed E-state index contributed by atoms with van der Waals surface area (Å²) in [5.41, 5.74) is 0.586. The van der Waals surface area contributed by atoms with E-state index in [1.807, 2.05) is 12.1 Å². The first-order chi connectivity index (χ1) is 16.4. The standard InChI is InChI=1S/C24H22Br2N4O4/c1-2-10-34-22-19(26)11-15(12-21(22)30(32)33)14-27-29-23(16-6-4-3-5-7-16)28-20-9-8-17(25)13-18(20)24(29)31/h2,8-9,11-14,16H,1,3-7,10H2. The molecule has 2 aromatic carbocycles. The van der Waals surface area contributed by atoms with Crippen LogP contribution in [-0.2, 0) is 0 Å². The predicted octanol–water partition coefficient (Wildman–Crippen LogP) is 6.32. The summed E-state index contributed by atoms with van der Waals surface area (Å²) in [6.45, 7) is 3.70. The summed E-state index contributed by atoms with van der Waals surface area (Å²) in [4.78, 5) is 29.3. The van der Waals surface area contributed by atoms with E-state index in [1.54, 1.807) is 12.1 Å². The Bertz CT molecular complexity index is 1350. The van der Waals surface area contributed by atoms with E-state index in [0.717, 1.165) is 30.2 Å². The van der Waals surface area contributed by atoms with Gasteiger partial charge in [0.05, 0.1) is 26.5 Å². The van der Waals surface area contributed by atoms with Crippen molar-refractivity contribution in [1.82, 2.24) is 9.66 Å². The van der Waals surface area contributed by atoms with Gasteiger partial charge in [-0.2, -0.15) is 9.78 Å². The minimum absolute atomic E-state index is 0.110. The van der Waals surface area contributed by atoms with Gasteiger partial charge in [0.25, 0.3) is 5.56 Å². The SMILES string of the molecule is C=CCOc1c(Br)cc(C=Nn2c(C3CCCCC3)nc3ccc(Br)cc3c2=O)cc1[N+](=O)[O-]. The molecule has 1 fully saturated rings. The lowest BCUT2D eigenvalue weighted by molar-refractivity contribution is -0.385. The maximum Gasteiger partial charge on any atom is 0.312 e. The fraction of sp³-hybridized carbons (Fsp3) is 0.292. The number of halogens is 2. The van der Waals surface area contributed by atoms with E-state index in [2.05, 4.69) is 43.5 Å². The summed E-state index contributed by atoms with van der Waals surface area (Å²) in [6.07, 6.45) is 8.15. The number of benzene rings is 2. The zero-order valence-corrected chi connectivity index (χ0v) is 21.4. The Morgan fingerprint density at radius 3 is 2.71 bits per heavy atom. The normalized spacial score (nSPS) is 14.5. The molecule has 0 radical (unpaired) electrons. The molecule has 1 aliphatic rings. The van der Waals surface area contributed by atoms with Crippen molar-refractivity contribution in [2.75, 3.05) is 6.61 Å². The smallest absolute Gasteiger partial charge is 0.312 e. The number of hydrogen-bond acceptors (Lipinski definition) is 6. The second-order valence-corrected chi connectivity index (χ2v) is 9.81. The molecule has 0 bridgehead atoms. The van der Waals surface area contributed by atoms with Crippen LogP contribution in [0.25, 0.3) is 10.9 Å². The Hall–Kier alpha value is -2.85. The van der Waals surface area contributed by atoms with Crippen molar-refractivity contribution in [2.24, 2.45) is 5.10 Å². The molecule has 176 valence electrons. The molecule has 1 aliphatic carbocycles. The number of nitro groups is 1. The van der Waals surface area contributed by atoms with Crippen LogP contribution in [0.3, 0.4) is 0 Å². The quantitative estimate of drug-likeness (QED) is 0.139. The van der Waals surface area contributed by atoms with Gasteiger partial charge >= 0.3 is 5.69 Å². The van der Waals surface area contributed by atoms with Crippen molar-refractivity contribution >= 4 is 54.7 Å². The molecule has 34 heavy (non-hydrogen) atoms. The highest BCUT2D eigenvalue weighted by Crippen LogP contribution is 2.36. The molecule has 0 N–H and O–H groups in total. The first kappa shape index (κ1) is 24.3. The van der Waals surface area contributed by atoms with Crippen LogP contribution in [0.4, 0.5) is 5.69 Å². The molecule has 0 unspecified atom stereocenters. The summed E-state index contributed by atoms with van der Waals surface area (Å²) < 4.78 is 7.97. The second kappa shape index (κ2) is 10.6. The van der Waals surface area contributed by atoms with E-state index in [1.165, 1.54) is 29.5 Å². The van der Waals surface area contributed by atoms with Gasteiger partial charge in [0.15, 0.2) is 0 Å². The Morgan fingerprint density at radius 2 is 2.00 bits per heavy atom. The highest BCUT2D eigenvalue weighted by Gasteiger charge is 2.23. The van der Waals surface area contributed by atoms with E-state index < -0.39 is 4.92 Å². The van der Waals surface area contributed by atoms with Crippen molar-refractivity contribution in [2.45, 2.75) is 38.0 Å². The average Bonchev–Trinajstić information content (AvgIpc) is 2.83. The lowest BCUT2D eigenvalue weighted by Gasteiger charge is -2.22. The maximum absolute atomic E-state index is 13.4. The lowest BCUT2D eigenvalue weighted by Crippen LogP contribution is -2.25. The molecule has 0 amide bonds. The molecule has 4 rings (SSSR count). The van der Waals surface area contributed by atoms with Gasteiger partial charge in [0.1, 0.15) is 12.4 Å². The van der Waals surface area contributed by atoms with Gasteiger partial charge < -0.3 is 4.74 Å². The molecule has 0 spiro atoms. The van der Waals surface area contributed by atoms with Crippen molar-refractivity contribution < 1.29 is 9.66 Å². The molecule has 10 heteroatoms. The van der Waals surface area contributed by atoms with Gasteiger partial charge in [0, 0.05) is 22.0 Å². The zero-order chi connectivity index (χ0) is 24.2. The highest BCUT2D eigenvalue weighted by molar-refractivity contribution is 9.10. The van der Waals surface area contributed by atoms with Crippen LogP contribution in [-0.4, -0.2) is 27.4 Å². The fourth-order valence-electron chi connectivity index (χ4n) is 4.12. The van der Waals surface area contributed by atoms with E-state index in [4.69, 9.17) is 9.72 Å². The van der Waals surface area contributed by atoms with Crippen molar-refractivity contribution in [3.8, 4) is 5.75 Å². The van der Waals surface area contributed by atoms with Gasteiger partial charge in [-0.25, -0.2) is 4.98 Å². The second-order valence-electron chi connectivity index (χ2n) is 8.04. The summed E-state index contributed by atoms with van der Waals surface area (Å²) >= 11 is 6.76. The zero-order valence-electron chi connectivity index (χ0n) is 18.2. The number of hydrogen-bond donors (Lipinski definition) is 0. The highest BCUT2D eigenvalue weighted by atomic mass is 79.9. The van der Waals surface area contributed by atoms with E-state index in [0.29, 0.717) is 26.8 Å². The number of fused-ring (bicyclic) bond motifs is 1. The summed E-state index contributed by atoms with van der Waals surface area (Å²) in [5.74, 6) is 0.858. The lowest BCUT2D eigenvalue weighted by atomic mass is 9.88. The molecule has 0 aliphatic heterocycles. The summed E-state index contributed by atoms with van der Waals surface area (Å²) in [7, 11) is 0. The fourth-order valence-corrected chi connectivity index (χ4v) is 5.06. The molecule has 1 heterocycles. The topological polar surface area (TPSA) is 99.6 Å². The summed E-state index contributed by atoms with van der Waals surface area (Å²) in [5, 5.41) is 16.5. The molecule has 8 nitrogen and oxygen atoms in total. The van der Waals surface area contributed by atoms with Crippen molar-refractivity contribution in [3.63, 3.8) is 0 Å². The molecular formula is C24H22Br2N4O4. The maximum atomic E-state index is 13.4. The van der Waals surface area contributed by atoms with E-state index >= 15 is 0 Å². The first-order valence-electron chi connectivity index (χ1n) is 10.9. The molecule has 0 saturated heterocycles. The summed E-state index contributed by atoms with van der Waals surface area (Å²) in [6, 6.07) is 8.44. The van der Waals surface area contributed by atoms with Gasteiger partial charge in [-0.15, -0.1) is 0 Å². The minimum Gasteiger partial charge on any atom is -0.482 e. The minimum atomic E-state index is -0.519. The van der Waals surface area contributed by atoms with Gasteiger partial charge in [-0.3, -0.25) is 14.9 Å². The number of nitrogens with zero attached hydrogens (tertiary/aromatic N) is 4. The molecule has 1 aromatic heterocycles. The predicted molar refractivity (Wildman–Crippen MR) is 139 cm³/mol.